The van der Waals surface area contributed by atoms with Crippen LogP contribution >= 0.6 is 11.3 Å². The first-order chi connectivity index (χ1) is 12.6. The number of ether oxygens (including phenoxy) is 2. The lowest BCUT2D eigenvalue weighted by Crippen LogP contribution is -2.21. The van der Waals surface area contributed by atoms with Gasteiger partial charge in [-0.05, 0) is 31.9 Å². The highest BCUT2D eigenvalue weighted by Gasteiger charge is 2.19. The number of carbonyl (C=O) groups excluding carboxylic acids is 1. The Morgan fingerprint density at radius 1 is 1.15 bits per heavy atom. The third kappa shape index (κ3) is 4.27. The van der Waals surface area contributed by atoms with E-state index >= 15 is 0 Å². The predicted octanol–water partition coefficient (Wildman–Crippen LogP) is 4.47. The molecule has 0 aliphatic heterocycles. The monoisotopic (exact) mass is 375 g/mol. The fourth-order valence-corrected chi connectivity index (χ4v) is 4.13. The molecule has 26 heavy (non-hydrogen) atoms. The Balaban J connectivity index is 1.69. The van der Waals surface area contributed by atoms with Gasteiger partial charge >= 0.3 is 0 Å². The van der Waals surface area contributed by atoms with Gasteiger partial charge in [-0.1, -0.05) is 30.6 Å². The van der Waals surface area contributed by atoms with Crippen LogP contribution in [0.2, 0.25) is 0 Å². The van der Waals surface area contributed by atoms with E-state index in [1.807, 2.05) is 6.92 Å². The van der Waals surface area contributed by atoms with Gasteiger partial charge in [0.25, 0.3) is 5.91 Å². The molecular weight excluding hydrogens is 350 g/mol. The van der Waals surface area contributed by atoms with Gasteiger partial charge in [-0.25, -0.2) is 4.98 Å². The standard InChI is InChI=1S/C19H25N3O3S/c1-12-17(26-19(20-12)22-13-7-5-4-6-8-13)18(23)21-14-9-10-15(24-2)16(11-14)25-3/h9-11,13H,4-8H2,1-3H3,(H,20,22)(H,21,23). The number of methoxy groups -OCH3 is 2. The molecule has 3 rings (SSSR count). The summed E-state index contributed by atoms with van der Waals surface area (Å²) in [7, 11) is 3.15. The minimum absolute atomic E-state index is 0.163. The summed E-state index contributed by atoms with van der Waals surface area (Å²) in [4.78, 5) is 17.8. The molecule has 1 aromatic heterocycles. The lowest BCUT2D eigenvalue weighted by Gasteiger charge is -2.22. The van der Waals surface area contributed by atoms with Crippen molar-refractivity contribution in [2.24, 2.45) is 0 Å². The van der Waals surface area contributed by atoms with Gasteiger partial charge in [-0.3, -0.25) is 4.79 Å². The highest BCUT2D eigenvalue weighted by molar-refractivity contribution is 7.17. The molecule has 0 unspecified atom stereocenters. The summed E-state index contributed by atoms with van der Waals surface area (Å²) in [5.74, 6) is 1.04. The van der Waals surface area contributed by atoms with E-state index in [-0.39, 0.29) is 5.91 Å². The van der Waals surface area contributed by atoms with Crippen molar-refractivity contribution >= 4 is 28.1 Å². The van der Waals surface area contributed by atoms with Crippen molar-refractivity contribution in [2.75, 3.05) is 24.9 Å². The summed E-state index contributed by atoms with van der Waals surface area (Å²) in [5, 5.41) is 7.22. The number of hydrogen-bond acceptors (Lipinski definition) is 6. The maximum atomic E-state index is 12.7. The van der Waals surface area contributed by atoms with Crippen LogP contribution in [0.4, 0.5) is 10.8 Å². The van der Waals surface area contributed by atoms with Gasteiger partial charge in [0.05, 0.1) is 19.9 Å². The predicted molar refractivity (Wildman–Crippen MR) is 105 cm³/mol. The second-order valence-electron chi connectivity index (χ2n) is 6.44. The molecule has 1 heterocycles. The fraction of sp³-hybridized carbons (Fsp3) is 0.474. The van der Waals surface area contributed by atoms with Crippen LogP contribution in [0.25, 0.3) is 0 Å². The minimum atomic E-state index is -0.163. The van der Waals surface area contributed by atoms with Crippen LogP contribution in [0.1, 0.15) is 47.5 Å². The van der Waals surface area contributed by atoms with Crippen LogP contribution in [0.15, 0.2) is 18.2 Å². The summed E-state index contributed by atoms with van der Waals surface area (Å²) >= 11 is 1.41. The van der Waals surface area contributed by atoms with Crippen LogP contribution in [0.5, 0.6) is 11.5 Å². The van der Waals surface area contributed by atoms with Gasteiger partial charge < -0.3 is 20.1 Å². The van der Waals surface area contributed by atoms with Crippen molar-refractivity contribution < 1.29 is 14.3 Å². The molecule has 6 nitrogen and oxygen atoms in total. The number of amides is 1. The molecule has 1 aromatic carbocycles. The average Bonchev–Trinajstić information content (AvgIpc) is 3.02. The molecule has 1 fully saturated rings. The number of anilines is 2. The first-order valence-corrected chi connectivity index (χ1v) is 9.69. The molecule has 0 bridgehead atoms. The summed E-state index contributed by atoms with van der Waals surface area (Å²) in [6.07, 6.45) is 6.18. The van der Waals surface area contributed by atoms with E-state index in [1.165, 1.54) is 43.4 Å². The highest BCUT2D eigenvalue weighted by atomic mass is 32.1. The minimum Gasteiger partial charge on any atom is -0.493 e. The lowest BCUT2D eigenvalue weighted by atomic mass is 9.96. The number of benzene rings is 1. The topological polar surface area (TPSA) is 72.5 Å². The van der Waals surface area contributed by atoms with E-state index in [0.717, 1.165) is 10.8 Å². The summed E-state index contributed by atoms with van der Waals surface area (Å²) in [6, 6.07) is 5.77. The molecule has 1 amide bonds. The zero-order chi connectivity index (χ0) is 18.5. The van der Waals surface area contributed by atoms with E-state index in [2.05, 4.69) is 15.6 Å². The van der Waals surface area contributed by atoms with Crippen LogP contribution in [-0.2, 0) is 0 Å². The molecule has 2 N–H and O–H groups in total. The number of aromatic nitrogens is 1. The molecule has 140 valence electrons. The maximum absolute atomic E-state index is 12.7. The van der Waals surface area contributed by atoms with Crippen molar-refractivity contribution in [3.8, 4) is 11.5 Å². The number of aryl methyl sites for hydroxylation is 1. The maximum Gasteiger partial charge on any atom is 0.267 e. The van der Waals surface area contributed by atoms with E-state index in [4.69, 9.17) is 9.47 Å². The zero-order valence-corrected chi connectivity index (χ0v) is 16.2. The van der Waals surface area contributed by atoms with E-state index < -0.39 is 0 Å². The SMILES string of the molecule is COc1ccc(NC(=O)c2sc(NC3CCCCC3)nc2C)cc1OC. The number of nitrogens with one attached hydrogen (secondary N) is 2. The summed E-state index contributed by atoms with van der Waals surface area (Å²) in [5.41, 5.74) is 1.40. The molecule has 0 atom stereocenters. The molecule has 7 heteroatoms. The van der Waals surface area contributed by atoms with Crippen molar-refractivity contribution in [1.29, 1.82) is 0 Å². The van der Waals surface area contributed by atoms with Gasteiger partial charge in [0.1, 0.15) is 4.88 Å². The van der Waals surface area contributed by atoms with Gasteiger partial charge in [-0.2, -0.15) is 0 Å². The second kappa shape index (κ2) is 8.40. The first kappa shape index (κ1) is 18.5. The van der Waals surface area contributed by atoms with Gasteiger partial charge in [0.15, 0.2) is 16.6 Å². The Kier molecular flexibility index (Phi) is 5.98. The fourth-order valence-electron chi connectivity index (χ4n) is 3.19. The van der Waals surface area contributed by atoms with Gasteiger partial charge in [0, 0.05) is 17.8 Å². The van der Waals surface area contributed by atoms with E-state index in [9.17, 15) is 4.79 Å². The first-order valence-electron chi connectivity index (χ1n) is 8.88. The largest absolute Gasteiger partial charge is 0.493 e. The molecular formula is C19H25N3O3S. The Hall–Kier alpha value is -2.28. The van der Waals surface area contributed by atoms with Crippen LogP contribution < -0.4 is 20.1 Å². The molecule has 1 aliphatic carbocycles. The van der Waals surface area contributed by atoms with Crippen molar-refractivity contribution in [1.82, 2.24) is 4.98 Å². The smallest absolute Gasteiger partial charge is 0.267 e. The zero-order valence-electron chi connectivity index (χ0n) is 15.4. The molecule has 0 radical (unpaired) electrons. The Morgan fingerprint density at radius 2 is 1.88 bits per heavy atom. The normalized spacial score (nSPS) is 14.7. The van der Waals surface area contributed by atoms with Crippen molar-refractivity contribution in [3.05, 3.63) is 28.8 Å². The van der Waals surface area contributed by atoms with Crippen LogP contribution in [-0.4, -0.2) is 31.2 Å². The van der Waals surface area contributed by atoms with Gasteiger partial charge in [0.2, 0.25) is 0 Å². The van der Waals surface area contributed by atoms with E-state index in [0.29, 0.717) is 28.1 Å². The second-order valence-corrected chi connectivity index (χ2v) is 7.44. The van der Waals surface area contributed by atoms with Crippen molar-refractivity contribution in [2.45, 2.75) is 45.1 Å². The highest BCUT2D eigenvalue weighted by Crippen LogP contribution is 2.31. The molecule has 1 aliphatic rings. The number of carbonyl (C=O) groups is 1. The Labute approximate surface area is 157 Å². The quantitative estimate of drug-likeness (QED) is 0.779. The van der Waals surface area contributed by atoms with Crippen LogP contribution in [0, 0.1) is 6.92 Å². The number of rotatable bonds is 6. The number of thiazole rings is 1. The summed E-state index contributed by atoms with van der Waals surface area (Å²) in [6.45, 7) is 1.87. The summed E-state index contributed by atoms with van der Waals surface area (Å²) < 4.78 is 10.5. The third-order valence-corrected chi connectivity index (χ3v) is 5.66. The molecule has 1 saturated carbocycles. The molecule has 2 aromatic rings. The van der Waals surface area contributed by atoms with Crippen molar-refractivity contribution in [3.63, 3.8) is 0 Å². The third-order valence-electron chi connectivity index (χ3n) is 4.58. The Morgan fingerprint density at radius 3 is 2.58 bits per heavy atom. The van der Waals surface area contributed by atoms with Gasteiger partial charge in [-0.15, -0.1) is 0 Å². The number of nitrogens with zero attached hydrogens (tertiary/aromatic N) is 1. The lowest BCUT2D eigenvalue weighted by molar-refractivity contribution is 0.103. The van der Waals surface area contributed by atoms with Crippen LogP contribution in [0.3, 0.4) is 0 Å². The number of hydrogen-bond donors (Lipinski definition) is 2. The van der Waals surface area contributed by atoms with E-state index in [1.54, 1.807) is 32.4 Å². The average molecular weight is 375 g/mol. The molecule has 0 saturated heterocycles. The Bertz CT molecular complexity index is 769. The molecule has 0 spiro atoms.